The van der Waals surface area contributed by atoms with Crippen molar-refractivity contribution in [1.82, 2.24) is 20.2 Å². The van der Waals surface area contributed by atoms with Crippen LogP contribution in [0, 0.1) is 13.8 Å². The van der Waals surface area contributed by atoms with E-state index in [9.17, 15) is 4.79 Å². The van der Waals surface area contributed by atoms with Gasteiger partial charge in [0, 0.05) is 18.8 Å². The van der Waals surface area contributed by atoms with Gasteiger partial charge in [0.2, 0.25) is 0 Å². The molecule has 1 fully saturated rings. The number of benzene rings is 1. The number of hydrogen-bond acceptors (Lipinski definition) is 3. The highest BCUT2D eigenvalue weighted by Crippen LogP contribution is 2.15. The summed E-state index contributed by atoms with van der Waals surface area (Å²) in [6.07, 6.45) is 3.54. The standard InChI is InChI=1S/C18H24N4O/c1-14-17(18(23)20-21-11-7-4-8-12-21)15(2)22(19-14)13-16-9-5-3-6-10-16/h3,5-6,9-10H,4,7-8,11-13H2,1-2H3,(H,20,23). The summed E-state index contributed by atoms with van der Waals surface area (Å²) in [7, 11) is 0. The van der Waals surface area contributed by atoms with Gasteiger partial charge in [0.25, 0.3) is 5.91 Å². The highest BCUT2D eigenvalue weighted by atomic mass is 16.2. The third kappa shape index (κ3) is 3.62. The molecule has 23 heavy (non-hydrogen) atoms. The Bertz CT molecular complexity index is 672. The van der Waals surface area contributed by atoms with Crippen molar-refractivity contribution in [2.75, 3.05) is 13.1 Å². The Hall–Kier alpha value is -2.14. The van der Waals surface area contributed by atoms with E-state index in [-0.39, 0.29) is 5.91 Å². The van der Waals surface area contributed by atoms with E-state index in [0.29, 0.717) is 12.1 Å². The molecule has 1 amide bonds. The first kappa shape index (κ1) is 15.7. The van der Waals surface area contributed by atoms with Gasteiger partial charge in [-0.1, -0.05) is 36.8 Å². The predicted molar refractivity (Wildman–Crippen MR) is 90.1 cm³/mol. The van der Waals surface area contributed by atoms with E-state index < -0.39 is 0 Å². The molecule has 0 radical (unpaired) electrons. The Kier molecular flexibility index (Phi) is 4.76. The minimum atomic E-state index is -0.0405. The van der Waals surface area contributed by atoms with Crippen molar-refractivity contribution in [2.45, 2.75) is 39.7 Å². The van der Waals surface area contributed by atoms with Gasteiger partial charge in [-0.3, -0.25) is 14.9 Å². The van der Waals surface area contributed by atoms with Crippen molar-refractivity contribution in [3.8, 4) is 0 Å². The molecule has 122 valence electrons. The molecule has 1 saturated heterocycles. The third-order valence-electron chi connectivity index (χ3n) is 4.40. The fraction of sp³-hybridized carbons (Fsp3) is 0.444. The lowest BCUT2D eigenvalue weighted by Crippen LogP contribution is -2.45. The minimum absolute atomic E-state index is 0.0405. The lowest BCUT2D eigenvalue weighted by Gasteiger charge is -2.26. The number of carbonyl (C=O) groups excluding carboxylic acids is 1. The first-order valence-corrected chi connectivity index (χ1v) is 8.29. The van der Waals surface area contributed by atoms with Gasteiger partial charge in [-0.2, -0.15) is 5.10 Å². The number of hydrogen-bond donors (Lipinski definition) is 1. The van der Waals surface area contributed by atoms with Crippen molar-refractivity contribution in [1.29, 1.82) is 0 Å². The molecule has 2 aromatic rings. The first-order valence-electron chi connectivity index (χ1n) is 8.29. The van der Waals surface area contributed by atoms with Crippen molar-refractivity contribution in [3.63, 3.8) is 0 Å². The van der Waals surface area contributed by atoms with Crippen LogP contribution in [0.2, 0.25) is 0 Å². The van der Waals surface area contributed by atoms with Crippen molar-refractivity contribution >= 4 is 5.91 Å². The second-order valence-electron chi connectivity index (χ2n) is 6.18. The zero-order valence-electron chi connectivity index (χ0n) is 13.9. The summed E-state index contributed by atoms with van der Waals surface area (Å²) in [5.41, 5.74) is 6.62. The van der Waals surface area contributed by atoms with Crippen LogP contribution in [0.5, 0.6) is 0 Å². The zero-order chi connectivity index (χ0) is 16.2. The maximum absolute atomic E-state index is 12.6. The molecule has 0 bridgehead atoms. The number of carbonyl (C=O) groups is 1. The Morgan fingerprint density at radius 1 is 1.13 bits per heavy atom. The van der Waals surface area contributed by atoms with E-state index in [4.69, 9.17) is 0 Å². The highest BCUT2D eigenvalue weighted by Gasteiger charge is 2.21. The number of hydrazine groups is 1. The molecule has 2 heterocycles. The molecule has 3 rings (SSSR count). The van der Waals surface area contributed by atoms with Crippen LogP contribution in [0.25, 0.3) is 0 Å². The van der Waals surface area contributed by atoms with Crippen molar-refractivity contribution in [3.05, 3.63) is 52.8 Å². The summed E-state index contributed by atoms with van der Waals surface area (Å²) in [5.74, 6) is -0.0405. The maximum Gasteiger partial charge on any atom is 0.269 e. The molecule has 0 unspecified atom stereocenters. The number of rotatable bonds is 4. The topological polar surface area (TPSA) is 50.2 Å². The molecule has 0 aliphatic carbocycles. The smallest absolute Gasteiger partial charge is 0.269 e. The first-order chi connectivity index (χ1) is 11.1. The number of aromatic nitrogens is 2. The highest BCUT2D eigenvalue weighted by molar-refractivity contribution is 5.96. The normalized spacial score (nSPS) is 15.6. The Labute approximate surface area is 137 Å². The van der Waals surface area contributed by atoms with Crippen molar-refractivity contribution < 1.29 is 4.79 Å². The van der Waals surface area contributed by atoms with Crippen LogP contribution in [0.4, 0.5) is 0 Å². The molecule has 5 heteroatoms. The summed E-state index contributed by atoms with van der Waals surface area (Å²) in [6.45, 7) is 6.42. The molecule has 0 spiro atoms. The average Bonchev–Trinajstić information content (AvgIpc) is 2.83. The number of nitrogens with zero attached hydrogens (tertiary/aromatic N) is 3. The lowest BCUT2D eigenvalue weighted by atomic mass is 10.1. The van der Waals surface area contributed by atoms with Crippen LogP contribution in [0.3, 0.4) is 0 Å². The molecular weight excluding hydrogens is 288 g/mol. The van der Waals surface area contributed by atoms with Crippen LogP contribution in [-0.2, 0) is 6.54 Å². The van der Waals surface area contributed by atoms with E-state index in [1.165, 1.54) is 12.0 Å². The average molecular weight is 312 g/mol. The number of aryl methyl sites for hydroxylation is 1. The van der Waals surface area contributed by atoms with E-state index in [0.717, 1.165) is 37.3 Å². The predicted octanol–water partition coefficient (Wildman–Crippen LogP) is 2.68. The van der Waals surface area contributed by atoms with Gasteiger partial charge in [0.05, 0.1) is 17.8 Å². The van der Waals surface area contributed by atoms with E-state index in [1.54, 1.807) is 0 Å². The largest absolute Gasteiger partial charge is 0.285 e. The zero-order valence-corrected chi connectivity index (χ0v) is 13.9. The van der Waals surface area contributed by atoms with Crippen molar-refractivity contribution in [2.24, 2.45) is 0 Å². The lowest BCUT2D eigenvalue weighted by molar-refractivity contribution is 0.0748. The molecule has 1 aliphatic rings. The van der Waals surface area contributed by atoms with Gasteiger partial charge in [-0.15, -0.1) is 0 Å². The summed E-state index contributed by atoms with van der Waals surface area (Å²) in [6, 6.07) is 10.2. The van der Waals surface area contributed by atoms with Gasteiger partial charge in [0.1, 0.15) is 0 Å². The van der Waals surface area contributed by atoms with Gasteiger partial charge in [-0.05, 0) is 32.3 Å². The molecule has 5 nitrogen and oxygen atoms in total. The Morgan fingerprint density at radius 3 is 2.52 bits per heavy atom. The van der Waals surface area contributed by atoms with Crippen LogP contribution in [0.1, 0.15) is 46.6 Å². The fourth-order valence-electron chi connectivity index (χ4n) is 3.14. The van der Waals surface area contributed by atoms with Gasteiger partial charge < -0.3 is 0 Å². The quantitative estimate of drug-likeness (QED) is 0.944. The summed E-state index contributed by atoms with van der Waals surface area (Å²) < 4.78 is 1.91. The van der Waals surface area contributed by atoms with Crippen LogP contribution >= 0.6 is 0 Å². The van der Waals surface area contributed by atoms with Crippen LogP contribution in [0.15, 0.2) is 30.3 Å². The number of piperidine rings is 1. The molecule has 0 atom stereocenters. The molecule has 0 saturated carbocycles. The Morgan fingerprint density at radius 2 is 1.83 bits per heavy atom. The fourth-order valence-corrected chi connectivity index (χ4v) is 3.14. The van der Waals surface area contributed by atoms with Crippen LogP contribution in [-0.4, -0.2) is 33.8 Å². The van der Waals surface area contributed by atoms with E-state index in [2.05, 4.69) is 22.7 Å². The Balaban J connectivity index is 1.75. The van der Waals surface area contributed by atoms with Crippen LogP contribution < -0.4 is 5.43 Å². The van der Waals surface area contributed by atoms with Gasteiger partial charge in [0.15, 0.2) is 0 Å². The molecule has 1 aliphatic heterocycles. The number of amides is 1. The summed E-state index contributed by atoms with van der Waals surface area (Å²) in [5, 5.41) is 6.58. The van der Waals surface area contributed by atoms with E-state index >= 15 is 0 Å². The summed E-state index contributed by atoms with van der Waals surface area (Å²) >= 11 is 0. The van der Waals surface area contributed by atoms with Gasteiger partial charge >= 0.3 is 0 Å². The van der Waals surface area contributed by atoms with E-state index in [1.807, 2.05) is 41.7 Å². The minimum Gasteiger partial charge on any atom is -0.285 e. The van der Waals surface area contributed by atoms with Gasteiger partial charge in [-0.25, -0.2) is 5.01 Å². The molecule has 1 aromatic carbocycles. The maximum atomic E-state index is 12.6. The second-order valence-corrected chi connectivity index (χ2v) is 6.18. The number of nitrogens with one attached hydrogen (secondary N) is 1. The molecular formula is C18H24N4O. The monoisotopic (exact) mass is 312 g/mol. The molecule has 1 N–H and O–H groups in total. The third-order valence-corrected chi connectivity index (χ3v) is 4.40. The SMILES string of the molecule is Cc1nn(Cc2ccccc2)c(C)c1C(=O)NN1CCCCC1. The summed E-state index contributed by atoms with van der Waals surface area (Å²) in [4.78, 5) is 12.6. The second kappa shape index (κ2) is 6.96. The molecule has 1 aromatic heterocycles.